The molecular formula is C11H24S. The second-order valence-electron chi connectivity index (χ2n) is 3.40. The number of hydrogen-bond donors (Lipinski definition) is 0. The molecule has 0 spiro atoms. The molecule has 0 bridgehead atoms. The van der Waals surface area contributed by atoms with E-state index < -0.39 is 0 Å². The van der Waals surface area contributed by atoms with Crippen LogP contribution in [0.5, 0.6) is 0 Å². The molecule has 0 saturated heterocycles. The highest BCUT2D eigenvalue weighted by Crippen LogP contribution is 2.18. The van der Waals surface area contributed by atoms with Gasteiger partial charge in [0.2, 0.25) is 0 Å². The van der Waals surface area contributed by atoms with Crippen LogP contribution in [-0.2, 0) is 0 Å². The first-order valence-corrected chi connectivity index (χ1v) is 6.58. The zero-order valence-corrected chi connectivity index (χ0v) is 9.75. The summed E-state index contributed by atoms with van der Waals surface area (Å²) in [6.07, 6.45) is 7.06. The van der Waals surface area contributed by atoms with Gasteiger partial charge in [0.05, 0.1) is 0 Å². The Hall–Kier alpha value is 0.350. The molecule has 1 atom stereocenters. The summed E-state index contributed by atoms with van der Waals surface area (Å²) in [5.74, 6) is 3.66. The van der Waals surface area contributed by atoms with Gasteiger partial charge in [0.1, 0.15) is 0 Å². The van der Waals surface area contributed by atoms with Crippen molar-refractivity contribution in [1.29, 1.82) is 0 Å². The van der Waals surface area contributed by atoms with Crippen LogP contribution in [0.15, 0.2) is 0 Å². The lowest BCUT2D eigenvalue weighted by Gasteiger charge is -2.12. The quantitative estimate of drug-likeness (QED) is 0.510. The molecule has 0 heterocycles. The van der Waals surface area contributed by atoms with E-state index in [9.17, 15) is 0 Å². The van der Waals surface area contributed by atoms with Crippen molar-refractivity contribution in [3.05, 3.63) is 0 Å². The molecule has 1 unspecified atom stereocenters. The molecule has 0 aromatic carbocycles. The molecule has 12 heavy (non-hydrogen) atoms. The summed E-state index contributed by atoms with van der Waals surface area (Å²) in [5.41, 5.74) is 0. The Morgan fingerprint density at radius 2 is 1.83 bits per heavy atom. The molecule has 0 fully saturated rings. The predicted octanol–water partition coefficient (Wildman–Crippen LogP) is 4.35. The predicted molar refractivity (Wildman–Crippen MR) is 60.9 cm³/mol. The Labute approximate surface area is 82.5 Å². The van der Waals surface area contributed by atoms with Crippen molar-refractivity contribution < 1.29 is 0 Å². The van der Waals surface area contributed by atoms with E-state index in [2.05, 4.69) is 32.5 Å². The fourth-order valence-corrected chi connectivity index (χ4v) is 2.24. The normalized spacial score (nSPS) is 13.2. The number of hydrogen-bond acceptors (Lipinski definition) is 1. The third-order valence-corrected chi connectivity index (χ3v) is 3.37. The highest BCUT2D eigenvalue weighted by atomic mass is 32.2. The molecule has 0 N–H and O–H groups in total. The molecular weight excluding hydrogens is 164 g/mol. The highest BCUT2D eigenvalue weighted by Gasteiger charge is 2.03. The van der Waals surface area contributed by atoms with E-state index in [4.69, 9.17) is 0 Å². The molecule has 0 rings (SSSR count). The zero-order chi connectivity index (χ0) is 9.23. The van der Waals surface area contributed by atoms with E-state index in [1.54, 1.807) is 0 Å². The lowest BCUT2D eigenvalue weighted by molar-refractivity contribution is 0.429. The maximum Gasteiger partial charge on any atom is -0.00675 e. The first-order valence-electron chi connectivity index (χ1n) is 5.42. The summed E-state index contributed by atoms with van der Waals surface area (Å²) in [5, 5.41) is 0. The third kappa shape index (κ3) is 7.02. The average Bonchev–Trinajstić information content (AvgIpc) is 2.10. The topological polar surface area (TPSA) is 0 Å². The minimum absolute atomic E-state index is 1.01. The maximum absolute atomic E-state index is 2.33. The third-order valence-electron chi connectivity index (χ3n) is 2.38. The van der Waals surface area contributed by atoms with Crippen molar-refractivity contribution >= 4 is 11.8 Å². The molecule has 0 nitrogen and oxygen atoms in total. The smallest absolute Gasteiger partial charge is 0.00675 e. The molecule has 0 aromatic rings. The molecule has 74 valence electrons. The maximum atomic E-state index is 2.33. The first kappa shape index (κ1) is 12.3. The van der Waals surface area contributed by atoms with Crippen molar-refractivity contribution in [1.82, 2.24) is 0 Å². The van der Waals surface area contributed by atoms with Gasteiger partial charge in [0.25, 0.3) is 0 Å². The molecule has 0 aliphatic carbocycles. The molecule has 0 saturated carbocycles. The van der Waals surface area contributed by atoms with Crippen LogP contribution in [0, 0.1) is 5.92 Å². The first-order chi connectivity index (χ1) is 5.85. The van der Waals surface area contributed by atoms with Crippen LogP contribution in [0.25, 0.3) is 0 Å². The van der Waals surface area contributed by atoms with Crippen LogP contribution in [0.4, 0.5) is 0 Å². The van der Waals surface area contributed by atoms with E-state index in [-0.39, 0.29) is 0 Å². The van der Waals surface area contributed by atoms with Gasteiger partial charge in [-0.15, -0.1) is 0 Å². The number of thioether (sulfide) groups is 1. The van der Waals surface area contributed by atoms with Gasteiger partial charge in [0, 0.05) is 0 Å². The molecule has 0 aromatic heterocycles. The van der Waals surface area contributed by atoms with Crippen molar-refractivity contribution in [2.24, 2.45) is 5.92 Å². The van der Waals surface area contributed by atoms with Gasteiger partial charge in [-0.25, -0.2) is 0 Å². The minimum atomic E-state index is 1.01. The van der Waals surface area contributed by atoms with E-state index in [0.717, 1.165) is 5.92 Å². The van der Waals surface area contributed by atoms with Gasteiger partial charge in [-0.05, 0) is 30.3 Å². The second kappa shape index (κ2) is 9.44. The standard InChI is InChI=1S/C11H24S/c1-4-8-11(5-2)9-7-10-12-6-3/h11H,4-10H2,1-3H3. The van der Waals surface area contributed by atoms with Crippen molar-refractivity contribution in [3.8, 4) is 0 Å². The lowest BCUT2D eigenvalue weighted by atomic mass is 9.96. The summed E-state index contributed by atoms with van der Waals surface area (Å²) < 4.78 is 0. The molecule has 0 radical (unpaired) electrons. The van der Waals surface area contributed by atoms with E-state index >= 15 is 0 Å². The van der Waals surface area contributed by atoms with Crippen LogP contribution >= 0.6 is 11.8 Å². The van der Waals surface area contributed by atoms with Gasteiger partial charge in [0.15, 0.2) is 0 Å². The van der Waals surface area contributed by atoms with Crippen molar-refractivity contribution in [3.63, 3.8) is 0 Å². The Morgan fingerprint density at radius 1 is 1.08 bits per heavy atom. The largest absolute Gasteiger partial charge is 0.162 e. The summed E-state index contributed by atoms with van der Waals surface area (Å²) in [4.78, 5) is 0. The Kier molecular flexibility index (Phi) is 9.71. The summed E-state index contributed by atoms with van der Waals surface area (Å²) in [6, 6.07) is 0. The molecule has 0 amide bonds. The van der Waals surface area contributed by atoms with Crippen LogP contribution in [0.1, 0.15) is 52.9 Å². The molecule has 0 aliphatic rings. The summed E-state index contributed by atoms with van der Waals surface area (Å²) >= 11 is 2.08. The van der Waals surface area contributed by atoms with Gasteiger partial charge < -0.3 is 0 Å². The van der Waals surface area contributed by atoms with E-state index in [1.165, 1.54) is 43.6 Å². The second-order valence-corrected chi connectivity index (χ2v) is 4.80. The minimum Gasteiger partial charge on any atom is -0.162 e. The fraction of sp³-hybridized carbons (Fsp3) is 1.00. The monoisotopic (exact) mass is 188 g/mol. The fourth-order valence-electron chi connectivity index (χ4n) is 1.58. The van der Waals surface area contributed by atoms with E-state index in [1.807, 2.05) is 0 Å². The van der Waals surface area contributed by atoms with Crippen LogP contribution < -0.4 is 0 Å². The Balaban J connectivity index is 3.19. The van der Waals surface area contributed by atoms with Gasteiger partial charge in [-0.3, -0.25) is 0 Å². The van der Waals surface area contributed by atoms with Crippen LogP contribution in [0.3, 0.4) is 0 Å². The Morgan fingerprint density at radius 3 is 2.33 bits per heavy atom. The highest BCUT2D eigenvalue weighted by molar-refractivity contribution is 7.99. The lowest BCUT2D eigenvalue weighted by Crippen LogP contribution is -1.98. The van der Waals surface area contributed by atoms with Crippen LogP contribution in [-0.4, -0.2) is 11.5 Å². The SMILES string of the molecule is CCCC(CC)CCCSCC. The zero-order valence-electron chi connectivity index (χ0n) is 8.94. The average molecular weight is 188 g/mol. The van der Waals surface area contributed by atoms with Gasteiger partial charge in [-0.1, -0.05) is 40.0 Å². The molecule has 0 aliphatic heterocycles. The number of rotatable bonds is 8. The summed E-state index contributed by atoms with van der Waals surface area (Å²) in [7, 11) is 0. The van der Waals surface area contributed by atoms with Gasteiger partial charge in [-0.2, -0.15) is 11.8 Å². The van der Waals surface area contributed by atoms with Crippen molar-refractivity contribution in [2.75, 3.05) is 11.5 Å². The Bertz CT molecular complexity index is 81.1. The summed E-state index contributed by atoms with van der Waals surface area (Å²) in [6.45, 7) is 6.87. The molecule has 1 heteroatoms. The van der Waals surface area contributed by atoms with Crippen molar-refractivity contribution in [2.45, 2.75) is 52.9 Å². The van der Waals surface area contributed by atoms with Gasteiger partial charge >= 0.3 is 0 Å². The van der Waals surface area contributed by atoms with Crippen LogP contribution in [0.2, 0.25) is 0 Å². The van der Waals surface area contributed by atoms with E-state index in [0.29, 0.717) is 0 Å².